The van der Waals surface area contributed by atoms with Gasteiger partial charge >= 0.3 is 0 Å². The molecule has 1 aliphatic rings. The maximum absolute atomic E-state index is 12.0. The van der Waals surface area contributed by atoms with E-state index in [4.69, 9.17) is 0 Å². The molecule has 4 heteroatoms. The van der Waals surface area contributed by atoms with Crippen molar-refractivity contribution in [1.82, 2.24) is 0 Å². The molecule has 4 nitrogen and oxygen atoms in total. The Hall–Kier alpha value is -1.78. The van der Waals surface area contributed by atoms with E-state index in [1.54, 1.807) is 12.2 Å². The van der Waals surface area contributed by atoms with Gasteiger partial charge in [0.2, 0.25) is 11.6 Å². The van der Waals surface area contributed by atoms with Crippen molar-refractivity contribution in [2.24, 2.45) is 0 Å². The van der Waals surface area contributed by atoms with Crippen LogP contribution in [0.1, 0.15) is 12.8 Å². The Labute approximate surface area is 120 Å². The Bertz CT molecular complexity index is 449. The van der Waals surface area contributed by atoms with Crippen molar-refractivity contribution in [2.75, 3.05) is 28.2 Å². The van der Waals surface area contributed by atoms with E-state index in [-0.39, 0.29) is 11.6 Å². The third kappa shape index (κ3) is 5.07. The molecule has 108 valence electrons. The van der Waals surface area contributed by atoms with E-state index in [1.165, 1.54) is 0 Å². The van der Waals surface area contributed by atoms with Crippen LogP contribution in [0.5, 0.6) is 0 Å². The van der Waals surface area contributed by atoms with Gasteiger partial charge in [0.05, 0.1) is 40.6 Å². The molecule has 1 aliphatic carbocycles. The summed E-state index contributed by atoms with van der Waals surface area (Å²) < 4.78 is 0. The van der Waals surface area contributed by atoms with Crippen LogP contribution < -0.4 is 9.80 Å². The van der Waals surface area contributed by atoms with Crippen LogP contribution in [0.25, 0.3) is 0 Å². The predicted octanol–water partition coefficient (Wildman–Crippen LogP) is -0.912. The molecule has 0 atom stereocenters. The number of quaternary nitrogens is 2. The Morgan fingerprint density at radius 2 is 1.10 bits per heavy atom. The first kappa shape index (κ1) is 16.3. The van der Waals surface area contributed by atoms with Crippen molar-refractivity contribution in [1.29, 1.82) is 0 Å². The number of rotatable bonds is 4. The molecule has 0 spiro atoms. The quantitative estimate of drug-likeness (QED) is 0.516. The summed E-state index contributed by atoms with van der Waals surface area (Å²) in [6, 6.07) is 0. The lowest BCUT2D eigenvalue weighted by Gasteiger charge is -2.14. The summed E-state index contributed by atoms with van der Waals surface area (Å²) in [5.74, 6) is -0.738. The molecule has 0 aromatic heterocycles. The highest BCUT2D eigenvalue weighted by atomic mass is 16.2. The van der Waals surface area contributed by atoms with Crippen LogP contribution in [0.3, 0.4) is 0 Å². The van der Waals surface area contributed by atoms with Crippen molar-refractivity contribution in [3.05, 3.63) is 47.9 Å². The minimum atomic E-state index is -0.369. The lowest BCUT2D eigenvalue weighted by Crippen LogP contribution is -3.00. The third-order valence-electron chi connectivity index (χ3n) is 2.91. The highest BCUT2D eigenvalue weighted by Crippen LogP contribution is 2.22. The normalized spacial score (nSPS) is 21.5. The molecule has 0 heterocycles. The third-order valence-corrected chi connectivity index (χ3v) is 2.91. The predicted molar refractivity (Wildman–Crippen MR) is 79.3 cm³/mol. The van der Waals surface area contributed by atoms with E-state index in [1.807, 2.05) is 52.7 Å². The number of nitrogens with one attached hydrogen (secondary N) is 2. The van der Waals surface area contributed by atoms with Crippen LogP contribution in [0, 0.1) is 0 Å². The van der Waals surface area contributed by atoms with Gasteiger partial charge in [-0.2, -0.15) is 0 Å². The van der Waals surface area contributed by atoms with Crippen molar-refractivity contribution in [3.8, 4) is 0 Å². The zero-order valence-electron chi connectivity index (χ0n) is 12.7. The Kier molecular flexibility index (Phi) is 6.28. The topological polar surface area (TPSA) is 43.0 Å². The molecule has 0 aromatic carbocycles. The van der Waals surface area contributed by atoms with Gasteiger partial charge in [-0.25, -0.2) is 0 Å². The lowest BCUT2D eigenvalue weighted by molar-refractivity contribution is -0.801. The first-order valence-electron chi connectivity index (χ1n) is 6.85. The van der Waals surface area contributed by atoms with Crippen molar-refractivity contribution < 1.29 is 19.4 Å². The van der Waals surface area contributed by atoms with Crippen LogP contribution >= 0.6 is 0 Å². The van der Waals surface area contributed by atoms with Gasteiger partial charge in [0, 0.05) is 11.1 Å². The molecule has 0 unspecified atom stereocenters. The highest BCUT2D eigenvalue weighted by Gasteiger charge is 2.27. The Morgan fingerprint density at radius 3 is 1.40 bits per heavy atom. The lowest BCUT2D eigenvalue weighted by atomic mass is 9.87. The zero-order valence-corrected chi connectivity index (χ0v) is 12.7. The van der Waals surface area contributed by atoms with Gasteiger partial charge in [-0.15, -0.1) is 0 Å². The van der Waals surface area contributed by atoms with Crippen LogP contribution in [0.4, 0.5) is 0 Å². The second-order valence-corrected chi connectivity index (χ2v) is 5.41. The second-order valence-electron chi connectivity index (χ2n) is 5.41. The molecule has 2 N–H and O–H groups in total. The SMILES string of the molecule is C[NH+](C)/C=C/C=C1/CC/C(=C/C=C/[NH+](C)C)C(=O)C1=O. The van der Waals surface area contributed by atoms with Gasteiger partial charge in [0.1, 0.15) is 0 Å². The fraction of sp³-hybridized carbons (Fsp3) is 0.375. The Morgan fingerprint density at radius 1 is 0.750 bits per heavy atom. The summed E-state index contributed by atoms with van der Waals surface area (Å²) in [7, 11) is 7.96. The second kappa shape index (κ2) is 7.72. The summed E-state index contributed by atoms with van der Waals surface area (Å²) >= 11 is 0. The molecule has 0 amide bonds. The maximum atomic E-state index is 12.0. The van der Waals surface area contributed by atoms with Crippen LogP contribution in [0.15, 0.2) is 47.9 Å². The first-order chi connectivity index (χ1) is 9.41. The standard InChI is InChI=1S/C16H22N2O2/c1-17(2)11-5-7-13-9-10-14(16(20)15(13)19)8-6-12-18(3)4/h5-8,11-12H,9-10H2,1-4H3/p+2/b11-5+,12-6+,13-7-,14-8-. The minimum absolute atomic E-state index is 0.369. The number of Topliss-reactive ketones (excluding diaryl/α,β-unsaturated/α-hetero) is 2. The molecule has 20 heavy (non-hydrogen) atoms. The first-order valence-corrected chi connectivity index (χ1v) is 6.85. The summed E-state index contributed by atoms with van der Waals surface area (Å²) in [6.07, 6.45) is 12.3. The average Bonchev–Trinajstić information content (AvgIpc) is 2.36. The summed E-state index contributed by atoms with van der Waals surface area (Å²) in [4.78, 5) is 26.3. The van der Waals surface area contributed by atoms with E-state index >= 15 is 0 Å². The van der Waals surface area contributed by atoms with Gasteiger partial charge in [-0.1, -0.05) is 0 Å². The van der Waals surface area contributed by atoms with E-state index in [0.29, 0.717) is 24.0 Å². The molecule has 0 radical (unpaired) electrons. The fourth-order valence-corrected chi connectivity index (χ4v) is 1.82. The van der Waals surface area contributed by atoms with Gasteiger partial charge in [0.25, 0.3) is 0 Å². The maximum Gasteiger partial charge on any atom is 0.229 e. The number of carbonyl (C=O) groups is 2. The molecule has 1 fully saturated rings. The van der Waals surface area contributed by atoms with Gasteiger partial charge < -0.3 is 9.80 Å². The van der Waals surface area contributed by atoms with Crippen LogP contribution in [-0.2, 0) is 9.59 Å². The molecular formula is C16H24N2O2+2. The van der Waals surface area contributed by atoms with Gasteiger partial charge in [0.15, 0.2) is 0 Å². The van der Waals surface area contributed by atoms with Crippen LogP contribution in [0.2, 0.25) is 0 Å². The molecule has 0 bridgehead atoms. The van der Waals surface area contributed by atoms with Gasteiger partial charge in [-0.3, -0.25) is 9.59 Å². The molecular weight excluding hydrogens is 252 g/mol. The van der Waals surface area contributed by atoms with Crippen molar-refractivity contribution in [2.45, 2.75) is 12.8 Å². The summed E-state index contributed by atoms with van der Waals surface area (Å²) in [5, 5.41) is 0. The zero-order chi connectivity index (χ0) is 15.1. The average molecular weight is 276 g/mol. The molecule has 1 rings (SSSR count). The van der Waals surface area contributed by atoms with Gasteiger partial charge in [-0.05, 0) is 37.1 Å². The smallest absolute Gasteiger partial charge is 0.229 e. The Balaban J connectivity index is 2.77. The number of hydrogen-bond donors (Lipinski definition) is 2. The van der Waals surface area contributed by atoms with Crippen LogP contribution in [-0.4, -0.2) is 39.8 Å². The number of carbonyl (C=O) groups excluding carboxylic acids is 2. The number of ketones is 2. The van der Waals surface area contributed by atoms with Crippen molar-refractivity contribution >= 4 is 11.6 Å². The van der Waals surface area contributed by atoms with Crippen molar-refractivity contribution in [3.63, 3.8) is 0 Å². The monoisotopic (exact) mass is 276 g/mol. The molecule has 0 aromatic rings. The number of hydrogen-bond acceptors (Lipinski definition) is 2. The fourth-order valence-electron chi connectivity index (χ4n) is 1.82. The molecule has 1 saturated carbocycles. The van der Waals surface area contributed by atoms with E-state index in [2.05, 4.69) is 0 Å². The van der Waals surface area contributed by atoms with E-state index in [9.17, 15) is 9.59 Å². The molecule has 0 saturated heterocycles. The molecule has 0 aliphatic heterocycles. The van der Waals surface area contributed by atoms with E-state index in [0.717, 1.165) is 9.80 Å². The minimum Gasteiger partial charge on any atom is -0.314 e. The largest absolute Gasteiger partial charge is 0.314 e. The summed E-state index contributed by atoms with van der Waals surface area (Å²) in [6.45, 7) is 0. The van der Waals surface area contributed by atoms with E-state index < -0.39 is 0 Å². The highest BCUT2D eigenvalue weighted by molar-refractivity contribution is 6.49. The summed E-state index contributed by atoms with van der Waals surface area (Å²) in [5.41, 5.74) is 1.21. The number of allylic oxidation sites excluding steroid dienone is 6.